The SMILES string of the molecule is Cn1cnc(CNC2c3ccccc3-c3ccccc32)n1. The van der Waals surface area contributed by atoms with Crippen molar-refractivity contribution in [1.29, 1.82) is 0 Å². The monoisotopic (exact) mass is 276 g/mol. The van der Waals surface area contributed by atoms with Crippen LogP contribution >= 0.6 is 0 Å². The molecule has 2 aromatic carbocycles. The number of nitrogens with zero attached hydrogens (tertiary/aromatic N) is 3. The number of aryl methyl sites for hydroxylation is 1. The highest BCUT2D eigenvalue weighted by molar-refractivity contribution is 5.78. The standard InChI is InChI=1S/C17H16N4/c1-21-11-19-16(20-21)10-18-17-14-8-4-2-6-12(14)13-7-3-5-9-15(13)17/h2-9,11,17-18H,10H2,1H3. The van der Waals surface area contributed by atoms with Gasteiger partial charge in [0.15, 0.2) is 5.82 Å². The molecule has 0 spiro atoms. The first-order chi connectivity index (χ1) is 10.3. The van der Waals surface area contributed by atoms with Crippen LogP contribution in [0, 0.1) is 0 Å². The summed E-state index contributed by atoms with van der Waals surface area (Å²) in [6.45, 7) is 0.661. The van der Waals surface area contributed by atoms with Crippen molar-refractivity contribution in [3.63, 3.8) is 0 Å². The van der Waals surface area contributed by atoms with E-state index in [0.29, 0.717) is 6.54 Å². The van der Waals surface area contributed by atoms with Crippen molar-refractivity contribution in [2.45, 2.75) is 12.6 Å². The number of hydrogen-bond donors (Lipinski definition) is 1. The van der Waals surface area contributed by atoms with Gasteiger partial charge in [0.25, 0.3) is 0 Å². The average molecular weight is 276 g/mol. The summed E-state index contributed by atoms with van der Waals surface area (Å²) < 4.78 is 1.73. The molecule has 0 saturated heterocycles. The van der Waals surface area contributed by atoms with E-state index in [1.807, 2.05) is 7.05 Å². The zero-order valence-electron chi connectivity index (χ0n) is 11.8. The topological polar surface area (TPSA) is 42.7 Å². The van der Waals surface area contributed by atoms with E-state index in [1.54, 1.807) is 11.0 Å². The van der Waals surface area contributed by atoms with Crippen LogP contribution in [0.15, 0.2) is 54.9 Å². The first-order valence-electron chi connectivity index (χ1n) is 7.09. The lowest BCUT2D eigenvalue weighted by Crippen LogP contribution is -2.20. The van der Waals surface area contributed by atoms with Gasteiger partial charge in [0.2, 0.25) is 0 Å². The van der Waals surface area contributed by atoms with E-state index in [-0.39, 0.29) is 6.04 Å². The van der Waals surface area contributed by atoms with E-state index in [1.165, 1.54) is 22.3 Å². The van der Waals surface area contributed by atoms with Gasteiger partial charge in [-0.3, -0.25) is 10.00 Å². The molecule has 0 radical (unpaired) electrons. The normalized spacial score (nSPS) is 13.2. The van der Waals surface area contributed by atoms with Crippen molar-refractivity contribution in [3.05, 3.63) is 71.8 Å². The maximum Gasteiger partial charge on any atom is 0.164 e. The molecule has 4 nitrogen and oxygen atoms in total. The molecule has 1 aliphatic carbocycles. The van der Waals surface area contributed by atoms with Crippen molar-refractivity contribution in [3.8, 4) is 11.1 Å². The molecule has 3 aromatic rings. The van der Waals surface area contributed by atoms with Gasteiger partial charge in [-0.2, -0.15) is 5.10 Å². The third-order valence-corrected chi connectivity index (χ3v) is 3.95. The molecule has 0 unspecified atom stereocenters. The highest BCUT2D eigenvalue weighted by Crippen LogP contribution is 2.42. The third kappa shape index (κ3) is 2.04. The molecule has 0 saturated carbocycles. The largest absolute Gasteiger partial charge is 0.299 e. The average Bonchev–Trinajstić information content (AvgIpc) is 3.07. The van der Waals surface area contributed by atoms with Gasteiger partial charge < -0.3 is 0 Å². The van der Waals surface area contributed by atoms with Crippen LogP contribution in [0.1, 0.15) is 23.0 Å². The zero-order chi connectivity index (χ0) is 14.2. The summed E-state index contributed by atoms with van der Waals surface area (Å²) >= 11 is 0. The zero-order valence-corrected chi connectivity index (χ0v) is 11.8. The minimum atomic E-state index is 0.209. The first-order valence-corrected chi connectivity index (χ1v) is 7.09. The molecule has 1 aromatic heterocycles. The lowest BCUT2D eigenvalue weighted by molar-refractivity contribution is 0.591. The van der Waals surface area contributed by atoms with Crippen LogP contribution in [0.2, 0.25) is 0 Å². The fourth-order valence-corrected chi connectivity index (χ4v) is 3.03. The van der Waals surface area contributed by atoms with Crippen LogP contribution in [-0.2, 0) is 13.6 Å². The van der Waals surface area contributed by atoms with Gasteiger partial charge in [0.1, 0.15) is 6.33 Å². The van der Waals surface area contributed by atoms with Gasteiger partial charge in [0.05, 0.1) is 12.6 Å². The van der Waals surface area contributed by atoms with Gasteiger partial charge in [-0.05, 0) is 22.3 Å². The maximum atomic E-state index is 4.33. The van der Waals surface area contributed by atoms with Crippen LogP contribution < -0.4 is 5.32 Å². The lowest BCUT2D eigenvalue weighted by atomic mass is 10.1. The maximum absolute atomic E-state index is 4.33. The molecular formula is C17H16N4. The molecule has 4 heteroatoms. The minimum Gasteiger partial charge on any atom is -0.299 e. The predicted octanol–water partition coefficient (Wildman–Crippen LogP) is 2.67. The Labute approximate surface area is 123 Å². The molecule has 21 heavy (non-hydrogen) atoms. The number of fused-ring (bicyclic) bond motifs is 3. The fourth-order valence-electron chi connectivity index (χ4n) is 3.03. The Hall–Kier alpha value is -2.46. The molecule has 0 bridgehead atoms. The van der Waals surface area contributed by atoms with E-state index in [0.717, 1.165) is 5.82 Å². The van der Waals surface area contributed by atoms with Crippen molar-refractivity contribution in [2.24, 2.45) is 7.05 Å². The Morgan fingerprint density at radius 2 is 1.62 bits per heavy atom. The Kier molecular flexibility index (Phi) is 2.82. The molecule has 104 valence electrons. The summed E-state index contributed by atoms with van der Waals surface area (Å²) in [6, 6.07) is 17.4. The van der Waals surface area contributed by atoms with Crippen LogP contribution in [0.5, 0.6) is 0 Å². The summed E-state index contributed by atoms with van der Waals surface area (Å²) in [4.78, 5) is 4.28. The molecule has 1 aliphatic rings. The third-order valence-electron chi connectivity index (χ3n) is 3.95. The highest BCUT2D eigenvalue weighted by atomic mass is 15.3. The number of rotatable bonds is 3. The quantitative estimate of drug-likeness (QED) is 0.799. The predicted molar refractivity (Wildman–Crippen MR) is 81.6 cm³/mol. The highest BCUT2D eigenvalue weighted by Gasteiger charge is 2.27. The second-order valence-electron chi connectivity index (χ2n) is 5.32. The summed E-state index contributed by atoms with van der Waals surface area (Å²) in [5, 5.41) is 7.91. The van der Waals surface area contributed by atoms with E-state index >= 15 is 0 Å². The first kappa shape index (κ1) is 12.3. The smallest absolute Gasteiger partial charge is 0.164 e. The molecule has 0 amide bonds. The fraction of sp³-hybridized carbons (Fsp3) is 0.176. The van der Waals surface area contributed by atoms with E-state index in [2.05, 4.69) is 63.9 Å². The molecule has 0 fully saturated rings. The second kappa shape index (κ2) is 4.82. The Morgan fingerprint density at radius 3 is 2.19 bits per heavy atom. The van der Waals surface area contributed by atoms with E-state index in [9.17, 15) is 0 Å². The van der Waals surface area contributed by atoms with Gasteiger partial charge >= 0.3 is 0 Å². The number of aromatic nitrogens is 3. The summed E-state index contributed by atoms with van der Waals surface area (Å²) in [5.74, 6) is 0.819. The van der Waals surface area contributed by atoms with E-state index < -0.39 is 0 Å². The number of nitrogens with one attached hydrogen (secondary N) is 1. The van der Waals surface area contributed by atoms with Crippen molar-refractivity contribution in [1.82, 2.24) is 20.1 Å². The Balaban J connectivity index is 1.68. The van der Waals surface area contributed by atoms with Gasteiger partial charge in [-0.1, -0.05) is 48.5 Å². The molecule has 0 aliphatic heterocycles. The molecule has 0 atom stereocenters. The summed E-state index contributed by atoms with van der Waals surface area (Å²) in [7, 11) is 1.89. The molecule has 1 heterocycles. The summed E-state index contributed by atoms with van der Waals surface area (Å²) in [6.07, 6.45) is 1.73. The van der Waals surface area contributed by atoms with Crippen molar-refractivity contribution in [2.75, 3.05) is 0 Å². The van der Waals surface area contributed by atoms with Gasteiger partial charge in [-0.25, -0.2) is 4.98 Å². The van der Waals surface area contributed by atoms with Crippen molar-refractivity contribution < 1.29 is 0 Å². The minimum absolute atomic E-state index is 0.209. The lowest BCUT2D eigenvalue weighted by Gasteiger charge is -2.14. The van der Waals surface area contributed by atoms with Crippen LogP contribution in [-0.4, -0.2) is 14.8 Å². The van der Waals surface area contributed by atoms with Gasteiger partial charge in [-0.15, -0.1) is 0 Å². The molecule has 1 N–H and O–H groups in total. The number of hydrogen-bond acceptors (Lipinski definition) is 3. The Bertz CT molecular complexity index is 745. The van der Waals surface area contributed by atoms with Crippen molar-refractivity contribution >= 4 is 0 Å². The van der Waals surface area contributed by atoms with E-state index in [4.69, 9.17) is 0 Å². The van der Waals surface area contributed by atoms with Gasteiger partial charge in [0, 0.05) is 7.05 Å². The van der Waals surface area contributed by atoms with Crippen LogP contribution in [0.4, 0.5) is 0 Å². The Morgan fingerprint density at radius 1 is 1.00 bits per heavy atom. The second-order valence-corrected chi connectivity index (χ2v) is 5.32. The van der Waals surface area contributed by atoms with Crippen LogP contribution in [0.3, 0.4) is 0 Å². The summed E-state index contributed by atoms with van der Waals surface area (Å²) in [5.41, 5.74) is 5.29. The number of benzene rings is 2. The van der Waals surface area contributed by atoms with Crippen LogP contribution in [0.25, 0.3) is 11.1 Å². The molecule has 4 rings (SSSR count). The molecular weight excluding hydrogens is 260 g/mol.